The maximum Gasteiger partial charge on any atom is 0.471 e. The van der Waals surface area contributed by atoms with Crippen molar-refractivity contribution in [1.29, 1.82) is 0 Å². The fourth-order valence-corrected chi connectivity index (χ4v) is 7.87. The average Bonchev–Trinajstić information content (AvgIpc) is 2.97. The van der Waals surface area contributed by atoms with E-state index in [1.165, 1.54) is 19.5 Å². The Balaban J connectivity index is 1.69. The number of halogens is 3. The number of hydrogen-bond acceptors (Lipinski definition) is 4. The Morgan fingerprint density at radius 3 is 2.44 bits per heavy atom. The lowest BCUT2D eigenvalue weighted by molar-refractivity contribution is -0.192. The third-order valence-corrected chi connectivity index (χ3v) is 9.21. The van der Waals surface area contributed by atoms with Crippen LogP contribution in [-0.2, 0) is 19.1 Å². The van der Waals surface area contributed by atoms with Crippen LogP contribution in [0.3, 0.4) is 0 Å². The van der Waals surface area contributed by atoms with E-state index in [1.807, 2.05) is 13.0 Å². The van der Waals surface area contributed by atoms with Crippen LogP contribution in [-0.4, -0.2) is 47.9 Å². The van der Waals surface area contributed by atoms with Gasteiger partial charge in [0.15, 0.2) is 5.78 Å². The summed E-state index contributed by atoms with van der Waals surface area (Å²) in [6, 6.07) is -0.816. The molecule has 0 aliphatic heterocycles. The van der Waals surface area contributed by atoms with E-state index in [4.69, 9.17) is 4.74 Å². The first-order valence-electron chi connectivity index (χ1n) is 11.5. The Kier molecular flexibility index (Phi) is 5.53. The molecule has 0 aromatic carbocycles. The number of carbonyl (C=O) groups is 3. The van der Waals surface area contributed by atoms with Gasteiger partial charge in [0.1, 0.15) is 6.10 Å². The van der Waals surface area contributed by atoms with Gasteiger partial charge in [-0.3, -0.25) is 14.4 Å². The lowest BCUT2D eigenvalue weighted by atomic mass is 9.47. The molecule has 0 aromatic rings. The molecule has 0 heterocycles. The molecule has 8 heteroatoms. The number of fused-ring (bicyclic) bond motifs is 5. The van der Waals surface area contributed by atoms with E-state index < -0.39 is 35.6 Å². The van der Waals surface area contributed by atoms with Gasteiger partial charge < -0.3 is 9.64 Å². The molecule has 178 valence electrons. The van der Waals surface area contributed by atoms with Crippen LogP contribution in [0.1, 0.15) is 65.7 Å². The highest BCUT2D eigenvalue weighted by molar-refractivity contribution is 5.91. The summed E-state index contributed by atoms with van der Waals surface area (Å²) in [5.74, 6) is -1.60. The van der Waals surface area contributed by atoms with E-state index in [9.17, 15) is 27.6 Å². The molecule has 0 saturated heterocycles. The second kappa shape index (κ2) is 7.59. The van der Waals surface area contributed by atoms with Crippen molar-refractivity contribution in [2.75, 3.05) is 7.05 Å². The molecule has 4 aliphatic rings. The monoisotopic (exact) mass is 455 g/mol. The van der Waals surface area contributed by atoms with Crippen LogP contribution in [0.2, 0.25) is 0 Å². The maximum atomic E-state index is 13.3. The van der Waals surface area contributed by atoms with Crippen LogP contribution in [0.5, 0.6) is 0 Å². The Morgan fingerprint density at radius 1 is 1.12 bits per heavy atom. The average molecular weight is 456 g/mol. The van der Waals surface area contributed by atoms with E-state index in [0.717, 1.165) is 30.6 Å². The van der Waals surface area contributed by atoms with Gasteiger partial charge in [-0.1, -0.05) is 19.4 Å². The third-order valence-electron chi connectivity index (χ3n) is 9.21. The van der Waals surface area contributed by atoms with Gasteiger partial charge >= 0.3 is 18.1 Å². The summed E-state index contributed by atoms with van der Waals surface area (Å²) in [6.45, 7) is 5.47. The van der Waals surface area contributed by atoms with Crippen molar-refractivity contribution in [3.63, 3.8) is 0 Å². The van der Waals surface area contributed by atoms with Crippen LogP contribution >= 0.6 is 0 Å². The second-order valence-electron chi connectivity index (χ2n) is 10.8. The number of allylic oxidation sites excluding steroid dienone is 1. The zero-order valence-corrected chi connectivity index (χ0v) is 19.1. The van der Waals surface area contributed by atoms with Gasteiger partial charge in [0.2, 0.25) is 0 Å². The smallest absolute Gasteiger partial charge is 0.460 e. The highest BCUT2D eigenvalue weighted by atomic mass is 19.4. The van der Waals surface area contributed by atoms with E-state index in [0.29, 0.717) is 25.2 Å². The van der Waals surface area contributed by atoms with Crippen LogP contribution in [0.15, 0.2) is 11.6 Å². The van der Waals surface area contributed by atoms with Gasteiger partial charge in [0.05, 0.1) is 6.04 Å². The first kappa shape index (κ1) is 23.3. The molecule has 0 aromatic heterocycles. The van der Waals surface area contributed by atoms with Gasteiger partial charge in [0.25, 0.3) is 0 Å². The van der Waals surface area contributed by atoms with Crippen molar-refractivity contribution in [3.8, 4) is 0 Å². The first-order chi connectivity index (χ1) is 14.8. The van der Waals surface area contributed by atoms with Gasteiger partial charge in [-0.25, -0.2) is 0 Å². The number of hydrogen-bond donors (Lipinski definition) is 0. The predicted molar refractivity (Wildman–Crippen MR) is 110 cm³/mol. The molecular weight excluding hydrogens is 423 g/mol. The molecule has 0 bridgehead atoms. The first-order valence-corrected chi connectivity index (χ1v) is 11.5. The molecular formula is C24H32F3NO4. The lowest BCUT2D eigenvalue weighted by Crippen LogP contribution is -2.57. The normalized spacial score (nSPS) is 41.2. The largest absolute Gasteiger partial charge is 0.471 e. The predicted octanol–water partition coefficient (Wildman–Crippen LogP) is 4.45. The highest BCUT2D eigenvalue weighted by Gasteiger charge is 2.64. The zero-order chi connectivity index (χ0) is 23.6. The number of likely N-dealkylation sites (N-methyl/N-ethyl adjacent to an activating group) is 1. The van der Waals surface area contributed by atoms with Crippen molar-refractivity contribution >= 4 is 17.7 Å². The molecule has 1 amide bonds. The molecule has 0 radical (unpaired) electrons. The van der Waals surface area contributed by atoms with Crippen LogP contribution in [0.4, 0.5) is 13.2 Å². The van der Waals surface area contributed by atoms with Crippen molar-refractivity contribution in [3.05, 3.63) is 11.6 Å². The van der Waals surface area contributed by atoms with Crippen molar-refractivity contribution in [2.45, 2.75) is 84.0 Å². The molecule has 3 fully saturated rings. The summed E-state index contributed by atoms with van der Waals surface area (Å²) in [5, 5.41) is 0. The summed E-state index contributed by atoms with van der Waals surface area (Å²) < 4.78 is 45.4. The summed E-state index contributed by atoms with van der Waals surface area (Å²) in [7, 11) is 1.19. The Hall–Kier alpha value is -1.86. The van der Waals surface area contributed by atoms with E-state index in [-0.39, 0.29) is 23.0 Å². The molecule has 7 atom stereocenters. The minimum atomic E-state index is -4.98. The molecule has 32 heavy (non-hydrogen) atoms. The number of amides is 1. The summed E-state index contributed by atoms with van der Waals surface area (Å²) in [6.07, 6.45) is 1.08. The molecule has 0 N–H and O–H groups in total. The third kappa shape index (κ3) is 3.48. The number of alkyl halides is 3. The quantitative estimate of drug-likeness (QED) is 0.577. The van der Waals surface area contributed by atoms with Crippen molar-refractivity contribution in [1.82, 2.24) is 4.90 Å². The Labute approximate surface area is 186 Å². The number of rotatable bonds is 2. The van der Waals surface area contributed by atoms with Crippen LogP contribution in [0.25, 0.3) is 0 Å². The van der Waals surface area contributed by atoms with Crippen molar-refractivity contribution in [2.24, 2.45) is 28.6 Å². The Morgan fingerprint density at radius 2 is 1.81 bits per heavy atom. The van der Waals surface area contributed by atoms with E-state index in [1.54, 1.807) is 0 Å². The standard InChI is InChI=1S/C24H32F3NO4/c1-13(29)32-19-12-18-16-6-5-14-11-15(30)7-9-22(14,2)17(16)8-10-23(18,3)20(19)28(4)21(31)24(25,26)27/h11,16-20H,5-10,12H2,1-4H3/t16-,17+,18+,19-,20+,22+,23+/m1/s1. The summed E-state index contributed by atoms with van der Waals surface area (Å²) in [4.78, 5) is 36.8. The molecule has 5 nitrogen and oxygen atoms in total. The lowest BCUT2D eigenvalue weighted by Gasteiger charge is -2.58. The SMILES string of the molecule is CC(=O)O[C@@H]1C[C@H]2[C@@H]3CCC4=CC(=O)CC[C@]4(C)[C@H]3CC[C@]2(C)[C@H]1N(C)C(=O)C(F)(F)F. The fraction of sp³-hybridized carbons (Fsp3) is 0.792. The zero-order valence-electron chi connectivity index (χ0n) is 19.1. The van der Waals surface area contributed by atoms with Gasteiger partial charge in [-0.2, -0.15) is 13.2 Å². The number of ketones is 1. The van der Waals surface area contributed by atoms with Gasteiger partial charge in [-0.15, -0.1) is 0 Å². The molecule has 4 rings (SSSR count). The van der Waals surface area contributed by atoms with Gasteiger partial charge in [-0.05, 0) is 73.2 Å². The minimum Gasteiger partial charge on any atom is -0.460 e. The second-order valence-corrected chi connectivity index (χ2v) is 10.8. The molecule has 0 unspecified atom stereocenters. The summed E-state index contributed by atoms with van der Waals surface area (Å²) >= 11 is 0. The molecule has 4 aliphatic carbocycles. The van der Waals surface area contributed by atoms with Gasteiger partial charge in [0, 0.05) is 20.4 Å². The molecule has 3 saturated carbocycles. The number of nitrogens with zero attached hydrogens (tertiary/aromatic N) is 1. The molecule has 0 spiro atoms. The van der Waals surface area contributed by atoms with Crippen LogP contribution < -0.4 is 0 Å². The topological polar surface area (TPSA) is 63.7 Å². The highest BCUT2D eigenvalue weighted by Crippen LogP contribution is 2.66. The van der Waals surface area contributed by atoms with E-state index >= 15 is 0 Å². The minimum absolute atomic E-state index is 0.0510. The number of ether oxygens (including phenoxy) is 1. The van der Waals surface area contributed by atoms with Crippen molar-refractivity contribution < 1.29 is 32.3 Å². The fourth-order valence-electron chi connectivity index (χ4n) is 7.87. The summed E-state index contributed by atoms with van der Waals surface area (Å²) in [5.41, 5.74) is 0.578. The maximum absolute atomic E-state index is 13.3. The van der Waals surface area contributed by atoms with Crippen LogP contribution in [0, 0.1) is 28.6 Å². The Bertz CT molecular complexity index is 868. The number of carbonyl (C=O) groups excluding carboxylic acids is 3. The number of esters is 1. The van der Waals surface area contributed by atoms with E-state index in [2.05, 4.69) is 6.92 Å².